The van der Waals surface area contributed by atoms with Crippen molar-refractivity contribution in [1.82, 2.24) is 9.78 Å². The second-order valence-corrected chi connectivity index (χ2v) is 4.66. The standard InChI is InChI=1S/C14H11FN2O2/c1-17-5-4-12(16-17)14(19)11-7-8-6-9(15)2-3-10(8)13(11)18/h2-6,11H,7H2,1H3. The zero-order valence-electron chi connectivity index (χ0n) is 10.3. The molecule has 0 saturated heterocycles. The average Bonchev–Trinajstić information content (AvgIpc) is 2.93. The third-order valence-corrected chi connectivity index (χ3v) is 3.36. The van der Waals surface area contributed by atoms with Crippen LogP contribution in [0.5, 0.6) is 0 Å². The van der Waals surface area contributed by atoms with Gasteiger partial charge in [0, 0.05) is 18.8 Å². The van der Waals surface area contributed by atoms with Gasteiger partial charge in [0.25, 0.3) is 0 Å². The van der Waals surface area contributed by atoms with E-state index >= 15 is 0 Å². The summed E-state index contributed by atoms with van der Waals surface area (Å²) < 4.78 is 14.6. The number of rotatable bonds is 2. The first-order chi connectivity index (χ1) is 9.06. The predicted molar refractivity (Wildman–Crippen MR) is 65.5 cm³/mol. The van der Waals surface area contributed by atoms with Crippen molar-refractivity contribution in [3.8, 4) is 0 Å². The number of fused-ring (bicyclic) bond motifs is 1. The van der Waals surface area contributed by atoms with Crippen LogP contribution in [0, 0.1) is 11.7 Å². The lowest BCUT2D eigenvalue weighted by molar-refractivity contribution is 0.0818. The molecule has 0 fully saturated rings. The fraction of sp³-hybridized carbons (Fsp3) is 0.214. The van der Waals surface area contributed by atoms with Gasteiger partial charge in [0.05, 0.1) is 5.92 Å². The minimum absolute atomic E-state index is 0.245. The van der Waals surface area contributed by atoms with Gasteiger partial charge in [-0.25, -0.2) is 4.39 Å². The Balaban J connectivity index is 1.93. The topological polar surface area (TPSA) is 52.0 Å². The highest BCUT2D eigenvalue weighted by molar-refractivity contribution is 6.18. The lowest BCUT2D eigenvalue weighted by Gasteiger charge is -2.03. The van der Waals surface area contributed by atoms with Crippen LogP contribution in [0.15, 0.2) is 30.5 Å². The van der Waals surface area contributed by atoms with E-state index in [9.17, 15) is 14.0 Å². The largest absolute Gasteiger partial charge is 0.293 e. The maximum Gasteiger partial charge on any atom is 0.194 e. The molecular formula is C14H11FN2O2. The molecule has 0 spiro atoms. The Hall–Kier alpha value is -2.30. The molecule has 3 rings (SSSR count). The third-order valence-electron chi connectivity index (χ3n) is 3.36. The van der Waals surface area contributed by atoms with E-state index in [4.69, 9.17) is 0 Å². The fourth-order valence-corrected chi connectivity index (χ4v) is 2.41. The molecule has 1 aliphatic carbocycles. The van der Waals surface area contributed by atoms with Crippen molar-refractivity contribution in [2.75, 3.05) is 0 Å². The van der Waals surface area contributed by atoms with Gasteiger partial charge in [-0.05, 0) is 36.2 Å². The molecule has 1 unspecified atom stereocenters. The number of carbonyl (C=O) groups is 2. The first kappa shape index (κ1) is 11.8. The molecule has 1 aromatic heterocycles. The van der Waals surface area contributed by atoms with E-state index in [0.717, 1.165) is 0 Å². The van der Waals surface area contributed by atoms with Crippen LogP contribution < -0.4 is 0 Å². The molecule has 0 saturated carbocycles. The zero-order chi connectivity index (χ0) is 13.6. The number of hydrogen-bond acceptors (Lipinski definition) is 3. The molecule has 1 aliphatic rings. The molecular weight excluding hydrogens is 247 g/mol. The van der Waals surface area contributed by atoms with Crippen LogP contribution in [0.3, 0.4) is 0 Å². The maximum absolute atomic E-state index is 13.1. The lowest BCUT2D eigenvalue weighted by atomic mass is 9.97. The number of aryl methyl sites for hydroxylation is 1. The van der Waals surface area contributed by atoms with Gasteiger partial charge in [0.1, 0.15) is 11.5 Å². The molecule has 1 heterocycles. The summed E-state index contributed by atoms with van der Waals surface area (Å²) >= 11 is 0. The van der Waals surface area contributed by atoms with Crippen LogP contribution >= 0.6 is 0 Å². The van der Waals surface area contributed by atoms with Crippen LogP contribution in [-0.4, -0.2) is 21.3 Å². The van der Waals surface area contributed by atoms with Crippen molar-refractivity contribution in [1.29, 1.82) is 0 Å². The summed E-state index contributed by atoms with van der Waals surface area (Å²) in [7, 11) is 1.71. The van der Waals surface area contributed by atoms with Gasteiger partial charge in [-0.1, -0.05) is 0 Å². The van der Waals surface area contributed by atoms with Crippen molar-refractivity contribution in [3.63, 3.8) is 0 Å². The van der Waals surface area contributed by atoms with Gasteiger partial charge >= 0.3 is 0 Å². The smallest absolute Gasteiger partial charge is 0.194 e. The number of ketones is 2. The molecule has 2 aromatic rings. The normalized spacial score (nSPS) is 17.6. The zero-order valence-corrected chi connectivity index (χ0v) is 10.3. The number of benzene rings is 1. The van der Waals surface area contributed by atoms with E-state index in [-0.39, 0.29) is 23.7 Å². The quantitative estimate of drug-likeness (QED) is 0.609. The monoisotopic (exact) mass is 258 g/mol. The first-order valence-corrected chi connectivity index (χ1v) is 5.93. The van der Waals surface area contributed by atoms with E-state index in [2.05, 4.69) is 5.10 Å². The van der Waals surface area contributed by atoms with Crippen LogP contribution in [0.2, 0.25) is 0 Å². The van der Waals surface area contributed by atoms with Gasteiger partial charge in [0.2, 0.25) is 0 Å². The predicted octanol–water partition coefficient (Wildman–Crippen LogP) is 1.80. The number of Topliss-reactive ketones (excluding diaryl/α,β-unsaturated/α-hetero) is 2. The second kappa shape index (κ2) is 4.12. The van der Waals surface area contributed by atoms with Crippen molar-refractivity contribution in [2.24, 2.45) is 13.0 Å². The molecule has 96 valence electrons. The average molecular weight is 258 g/mol. The SMILES string of the molecule is Cn1ccc(C(=O)C2Cc3cc(F)ccc3C2=O)n1. The van der Waals surface area contributed by atoms with E-state index < -0.39 is 11.7 Å². The molecule has 0 bridgehead atoms. The molecule has 0 N–H and O–H groups in total. The maximum atomic E-state index is 13.1. The van der Waals surface area contributed by atoms with Gasteiger partial charge < -0.3 is 0 Å². The van der Waals surface area contributed by atoms with Crippen LogP contribution in [0.1, 0.15) is 26.4 Å². The third kappa shape index (κ3) is 1.87. The van der Waals surface area contributed by atoms with Gasteiger partial charge in [0.15, 0.2) is 11.6 Å². The molecule has 5 heteroatoms. The Labute approximate surface area is 108 Å². The minimum atomic E-state index is -0.772. The summed E-state index contributed by atoms with van der Waals surface area (Å²) in [6, 6.07) is 5.58. The summed E-state index contributed by atoms with van der Waals surface area (Å²) in [6.45, 7) is 0. The van der Waals surface area contributed by atoms with E-state index in [1.54, 1.807) is 19.3 Å². The molecule has 19 heavy (non-hydrogen) atoms. The van der Waals surface area contributed by atoms with Crippen molar-refractivity contribution in [3.05, 3.63) is 53.1 Å². The van der Waals surface area contributed by atoms with Crippen molar-refractivity contribution < 1.29 is 14.0 Å². The summed E-state index contributed by atoms with van der Waals surface area (Å²) in [5, 5.41) is 4.01. The molecule has 1 aromatic carbocycles. The summed E-state index contributed by atoms with van der Waals surface area (Å²) in [4.78, 5) is 24.4. The molecule has 4 nitrogen and oxygen atoms in total. The Morgan fingerprint density at radius 3 is 2.89 bits per heavy atom. The van der Waals surface area contributed by atoms with Crippen LogP contribution in [-0.2, 0) is 13.5 Å². The second-order valence-electron chi connectivity index (χ2n) is 4.66. The molecule has 0 aliphatic heterocycles. The van der Waals surface area contributed by atoms with Gasteiger partial charge in [-0.2, -0.15) is 5.10 Å². The van der Waals surface area contributed by atoms with E-state index in [1.165, 1.54) is 22.9 Å². The molecule has 1 atom stereocenters. The Morgan fingerprint density at radius 1 is 1.42 bits per heavy atom. The molecule has 0 radical (unpaired) electrons. The fourth-order valence-electron chi connectivity index (χ4n) is 2.41. The summed E-state index contributed by atoms with van der Waals surface area (Å²) in [5.41, 5.74) is 1.31. The highest BCUT2D eigenvalue weighted by Gasteiger charge is 2.37. The minimum Gasteiger partial charge on any atom is -0.293 e. The van der Waals surface area contributed by atoms with Crippen LogP contribution in [0.4, 0.5) is 4.39 Å². The van der Waals surface area contributed by atoms with Crippen molar-refractivity contribution >= 4 is 11.6 Å². The number of nitrogens with zero attached hydrogens (tertiary/aromatic N) is 2. The van der Waals surface area contributed by atoms with Gasteiger partial charge in [-0.15, -0.1) is 0 Å². The summed E-state index contributed by atoms with van der Waals surface area (Å²) in [6.07, 6.45) is 1.90. The first-order valence-electron chi connectivity index (χ1n) is 5.93. The number of aromatic nitrogens is 2. The Kier molecular flexibility index (Phi) is 2.55. The van der Waals surface area contributed by atoms with E-state index in [0.29, 0.717) is 11.1 Å². The van der Waals surface area contributed by atoms with E-state index in [1.807, 2.05) is 0 Å². The summed E-state index contributed by atoms with van der Waals surface area (Å²) in [5.74, 6) is -1.71. The highest BCUT2D eigenvalue weighted by Crippen LogP contribution is 2.29. The van der Waals surface area contributed by atoms with Crippen molar-refractivity contribution in [2.45, 2.75) is 6.42 Å². The number of carbonyl (C=O) groups excluding carboxylic acids is 2. The highest BCUT2D eigenvalue weighted by atomic mass is 19.1. The number of halogens is 1. The van der Waals surface area contributed by atoms with Crippen LogP contribution in [0.25, 0.3) is 0 Å². The Morgan fingerprint density at radius 2 is 2.21 bits per heavy atom. The lowest BCUT2D eigenvalue weighted by Crippen LogP contribution is -2.21. The molecule has 0 amide bonds. The van der Waals surface area contributed by atoms with Gasteiger partial charge in [-0.3, -0.25) is 14.3 Å². The number of hydrogen-bond donors (Lipinski definition) is 0. The Bertz CT molecular complexity index is 691.